The van der Waals surface area contributed by atoms with E-state index in [0.717, 1.165) is 17.8 Å². The molecule has 1 atom stereocenters. The zero-order chi connectivity index (χ0) is 23.5. The second kappa shape index (κ2) is 10.3. The molecule has 0 bridgehead atoms. The smallest absolute Gasteiger partial charge is 0.276 e. The SMILES string of the molecule is Cc1ccc([C@@H]2Cn3nnc(C(=O)N4CCC(C(=O)NCC5CCCCC5)CC4)c3CO2)cc1. The molecule has 5 rings (SSSR count). The Bertz CT molecular complexity index is 1000. The summed E-state index contributed by atoms with van der Waals surface area (Å²) >= 11 is 0. The standard InChI is InChI=1S/C26H35N5O3/c1-18-7-9-20(10-8-18)23-16-31-22(17-34-23)24(28-29-31)26(33)30-13-11-21(12-14-30)25(32)27-15-19-5-3-2-4-6-19/h7-10,19,21,23H,2-6,11-17H2,1H3,(H,27,32)/t23-/m0/s1. The van der Waals surface area contributed by atoms with Gasteiger partial charge in [-0.05, 0) is 44.1 Å². The van der Waals surface area contributed by atoms with E-state index in [1.54, 1.807) is 4.68 Å². The number of aryl methyl sites for hydroxylation is 1. The fraction of sp³-hybridized carbons (Fsp3) is 0.615. The van der Waals surface area contributed by atoms with E-state index in [1.807, 2.05) is 4.90 Å². The third-order valence-corrected chi connectivity index (χ3v) is 7.69. The number of rotatable bonds is 5. The molecule has 34 heavy (non-hydrogen) atoms. The van der Waals surface area contributed by atoms with E-state index in [9.17, 15) is 9.59 Å². The van der Waals surface area contributed by atoms with Crippen LogP contribution in [0.2, 0.25) is 0 Å². The summed E-state index contributed by atoms with van der Waals surface area (Å²) in [6, 6.07) is 8.29. The Hall–Kier alpha value is -2.74. The molecule has 8 nitrogen and oxygen atoms in total. The van der Waals surface area contributed by atoms with Crippen LogP contribution in [0.25, 0.3) is 0 Å². The molecule has 3 aliphatic rings. The zero-order valence-corrected chi connectivity index (χ0v) is 20.0. The Morgan fingerprint density at radius 3 is 2.53 bits per heavy atom. The van der Waals surface area contributed by atoms with E-state index in [0.29, 0.717) is 50.7 Å². The Balaban J connectivity index is 1.14. The monoisotopic (exact) mass is 465 g/mol. The molecule has 0 unspecified atom stereocenters. The molecular formula is C26H35N5O3. The number of likely N-dealkylation sites (tertiary alicyclic amines) is 1. The van der Waals surface area contributed by atoms with Crippen molar-refractivity contribution in [1.82, 2.24) is 25.2 Å². The number of carbonyl (C=O) groups excluding carboxylic acids is 2. The summed E-state index contributed by atoms with van der Waals surface area (Å²) in [5, 5.41) is 11.6. The average Bonchev–Trinajstić information content (AvgIpc) is 3.31. The first-order chi connectivity index (χ1) is 16.6. The highest BCUT2D eigenvalue weighted by Gasteiger charge is 2.33. The Kier molecular flexibility index (Phi) is 6.94. The third kappa shape index (κ3) is 5.02. The van der Waals surface area contributed by atoms with Crippen LogP contribution in [0.1, 0.15) is 78.4 Å². The van der Waals surface area contributed by atoms with Crippen LogP contribution in [0.5, 0.6) is 0 Å². The van der Waals surface area contributed by atoms with Crippen LogP contribution in [0.15, 0.2) is 24.3 Å². The number of piperidine rings is 1. The van der Waals surface area contributed by atoms with E-state index in [2.05, 4.69) is 46.8 Å². The number of amides is 2. The first-order valence-electron chi connectivity index (χ1n) is 12.8. The van der Waals surface area contributed by atoms with Crippen LogP contribution in [-0.2, 0) is 22.7 Å². The summed E-state index contributed by atoms with van der Waals surface area (Å²) in [6.45, 7) is 4.85. The summed E-state index contributed by atoms with van der Waals surface area (Å²) in [5.74, 6) is 0.654. The first kappa shape index (κ1) is 23.0. The molecule has 0 spiro atoms. The normalized spacial score (nSPS) is 21.8. The largest absolute Gasteiger partial charge is 0.365 e. The molecular weight excluding hydrogens is 430 g/mol. The van der Waals surface area contributed by atoms with Gasteiger partial charge in [-0.2, -0.15) is 0 Å². The van der Waals surface area contributed by atoms with Gasteiger partial charge in [-0.3, -0.25) is 9.59 Å². The average molecular weight is 466 g/mol. The van der Waals surface area contributed by atoms with Crippen LogP contribution in [0.3, 0.4) is 0 Å². The van der Waals surface area contributed by atoms with Crippen LogP contribution in [0, 0.1) is 18.8 Å². The minimum Gasteiger partial charge on any atom is -0.365 e. The molecule has 0 radical (unpaired) electrons. The molecule has 2 fully saturated rings. The van der Waals surface area contributed by atoms with E-state index >= 15 is 0 Å². The van der Waals surface area contributed by atoms with Gasteiger partial charge in [0.1, 0.15) is 6.10 Å². The number of carbonyl (C=O) groups is 2. The van der Waals surface area contributed by atoms with Crippen LogP contribution < -0.4 is 5.32 Å². The van der Waals surface area contributed by atoms with Gasteiger partial charge >= 0.3 is 0 Å². The molecule has 1 aromatic heterocycles. The highest BCUT2D eigenvalue weighted by Crippen LogP contribution is 2.28. The summed E-state index contributed by atoms with van der Waals surface area (Å²) in [5.41, 5.74) is 3.42. The number of benzene rings is 1. The number of aromatic nitrogens is 3. The Morgan fingerprint density at radius 1 is 1.06 bits per heavy atom. The molecule has 2 aliphatic heterocycles. The molecule has 2 aromatic rings. The summed E-state index contributed by atoms with van der Waals surface area (Å²) in [6.07, 6.45) is 7.63. The number of ether oxygens (including phenoxy) is 1. The number of fused-ring (bicyclic) bond motifs is 1. The lowest BCUT2D eigenvalue weighted by Crippen LogP contribution is -2.44. The van der Waals surface area contributed by atoms with Crippen molar-refractivity contribution in [2.75, 3.05) is 19.6 Å². The number of nitrogens with zero attached hydrogens (tertiary/aromatic N) is 4. The second-order valence-corrected chi connectivity index (χ2v) is 10.1. The minimum absolute atomic E-state index is 0.0136. The fourth-order valence-corrected chi connectivity index (χ4v) is 5.44. The summed E-state index contributed by atoms with van der Waals surface area (Å²) < 4.78 is 7.87. The molecule has 182 valence electrons. The Morgan fingerprint density at radius 2 is 1.79 bits per heavy atom. The maximum atomic E-state index is 13.2. The molecule has 1 saturated carbocycles. The van der Waals surface area contributed by atoms with Gasteiger partial charge in [0.15, 0.2) is 5.69 Å². The van der Waals surface area contributed by atoms with Crippen LogP contribution in [-0.4, -0.2) is 51.3 Å². The van der Waals surface area contributed by atoms with Gasteiger partial charge in [0, 0.05) is 25.6 Å². The van der Waals surface area contributed by atoms with E-state index in [1.165, 1.54) is 37.7 Å². The lowest BCUT2D eigenvalue weighted by atomic mass is 9.89. The number of hydrogen-bond donors (Lipinski definition) is 1. The van der Waals surface area contributed by atoms with Gasteiger partial charge in [-0.15, -0.1) is 5.10 Å². The quantitative estimate of drug-likeness (QED) is 0.731. The molecule has 1 aliphatic carbocycles. The fourth-order valence-electron chi connectivity index (χ4n) is 5.44. The van der Waals surface area contributed by atoms with Crippen molar-refractivity contribution < 1.29 is 14.3 Å². The highest BCUT2D eigenvalue weighted by molar-refractivity contribution is 5.93. The van der Waals surface area contributed by atoms with Gasteiger partial charge in [0.25, 0.3) is 5.91 Å². The molecule has 3 heterocycles. The van der Waals surface area contributed by atoms with Gasteiger partial charge < -0.3 is 15.0 Å². The maximum absolute atomic E-state index is 13.2. The van der Waals surface area contributed by atoms with Crippen molar-refractivity contribution in [1.29, 1.82) is 0 Å². The van der Waals surface area contributed by atoms with Crippen molar-refractivity contribution in [2.45, 2.75) is 71.1 Å². The van der Waals surface area contributed by atoms with Crippen molar-refractivity contribution in [2.24, 2.45) is 11.8 Å². The van der Waals surface area contributed by atoms with Gasteiger partial charge in [-0.25, -0.2) is 4.68 Å². The van der Waals surface area contributed by atoms with Crippen LogP contribution >= 0.6 is 0 Å². The van der Waals surface area contributed by atoms with Crippen molar-refractivity contribution >= 4 is 11.8 Å². The predicted molar refractivity (Wildman–Crippen MR) is 127 cm³/mol. The van der Waals surface area contributed by atoms with Gasteiger partial charge in [0.05, 0.1) is 18.8 Å². The van der Waals surface area contributed by atoms with Crippen LogP contribution in [0.4, 0.5) is 0 Å². The zero-order valence-electron chi connectivity index (χ0n) is 20.0. The lowest BCUT2D eigenvalue weighted by molar-refractivity contribution is -0.126. The molecule has 1 N–H and O–H groups in total. The van der Waals surface area contributed by atoms with Crippen molar-refractivity contribution in [3.8, 4) is 0 Å². The predicted octanol–water partition coefficient (Wildman–Crippen LogP) is 3.41. The summed E-state index contributed by atoms with van der Waals surface area (Å²) in [4.78, 5) is 27.6. The third-order valence-electron chi connectivity index (χ3n) is 7.69. The minimum atomic E-state index is -0.111. The topological polar surface area (TPSA) is 89.4 Å². The summed E-state index contributed by atoms with van der Waals surface area (Å²) in [7, 11) is 0. The molecule has 2 amide bonds. The van der Waals surface area contributed by atoms with Crippen molar-refractivity contribution in [3.05, 3.63) is 46.8 Å². The molecule has 8 heteroatoms. The molecule has 1 saturated heterocycles. The lowest BCUT2D eigenvalue weighted by Gasteiger charge is -2.32. The van der Waals surface area contributed by atoms with Crippen molar-refractivity contribution in [3.63, 3.8) is 0 Å². The van der Waals surface area contributed by atoms with E-state index in [-0.39, 0.29) is 23.8 Å². The molecule has 1 aromatic carbocycles. The maximum Gasteiger partial charge on any atom is 0.276 e. The second-order valence-electron chi connectivity index (χ2n) is 10.1. The van der Waals surface area contributed by atoms with Gasteiger partial charge in [-0.1, -0.05) is 54.3 Å². The van der Waals surface area contributed by atoms with Gasteiger partial charge in [0.2, 0.25) is 5.91 Å². The first-order valence-corrected chi connectivity index (χ1v) is 12.8. The van der Waals surface area contributed by atoms with E-state index in [4.69, 9.17) is 4.74 Å². The Labute approximate surface area is 201 Å². The van der Waals surface area contributed by atoms with E-state index < -0.39 is 0 Å². The number of nitrogens with one attached hydrogen (secondary N) is 1. The number of hydrogen-bond acceptors (Lipinski definition) is 5. The highest BCUT2D eigenvalue weighted by atomic mass is 16.5.